The van der Waals surface area contributed by atoms with Gasteiger partial charge in [0.05, 0.1) is 31.8 Å². The molecule has 0 spiro atoms. The molecule has 2 unspecified atom stereocenters. The second-order valence-corrected chi connectivity index (χ2v) is 8.58. The monoisotopic (exact) mass is 456 g/mol. The van der Waals surface area contributed by atoms with Crippen LogP contribution in [0.3, 0.4) is 0 Å². The lowest BCUT2D eigenvalue weighted by Gasteiger charge is -2.22. The highest BCUT2D eigenvalue weighted by Crippen LogP contribution is 2.42. The summed E-state index contributed by atoms with van der Waals surface area (Å²) in [6.07, 6.45) is 8.09. The minimum absolute atomic E-state index is 0.0625. The van der Waals surface area contributed by atoms with Gasteiger partial charge in [-0.05, 0) is 73.6 Å². The van der Waals surface area contributed by atoms with E-state index in [0.717, 1.165) is 42.8 Å². The average molecular weight is 457 g/mol. The molecule has 2 aromatic rings. The number of fused-ring (bicyclic) bond motifs is 1. The van der Waals surface area contributed by atoms with Crippen LogP contribution in [-0.2, 0) is 20.7 Å². The van der Waals surface area contributed by atoms with Crippen LogP contribution in [0.1, 0.15) is 56.8 Å². The van der Waals surface area contributed by atoms with Crippen molar-refractivity contribution in [3.8, 4) is 28.7 Å². The molecule has 0 radical (unpaired) electrons. The summed E-state index contributed by atoms with van der Waals surface area (Å²) >= 11 is 0. The first kappa shape index (κ1) is 23.7. The van der Waals surface area contributed by atoms with E-state index in [1.165, 1.54) is 29.4 Å². The Morgan fingerprint density at radius 1 is 1.12 bits per heavy atom. The lowest BCUT2D eigenvalue weighted by molar-refractivity contribution is -0.141. The van der Waals surface area contributed by atoms with Gasteiger partial charge in [0.1, 0.15) is 11.9 Å². The van der Waals surface area contributed by atoms with Crippen LogP contribution in [0.5, 0.6) is 5.75 Å². The second kappa shape index (κ2) is 11.1. The van der Waals surface area contributed by atoms with Crippen LogP contribution < -0.4 is 4.74 Å². The maximum Gasteiger partial charge on any atom is 0.307 e. The SMILES string of the molecule is CC#CC(CC(=O)OC)C1=CC=C(OC2CCc3c(-c4cccc(OCC)c4)cccc32)CC1. The fourth-order valence-electron chi connectivity index (χ4n) is 4.83. The van der Waals surface area contributed by atoms with Crippen molar-refractivity contribution < 1.29 is 19.0 Å². The van der Waals surface area contributed by atoms with Gasteiger partial charge in [-0.1, -0.05) is 47.9 Å². The van der Waals surface area contributed by atoms with E-state index in [9.17, 15) is 4.79 Å². The van der Waals surface area contributed by atoms with Crippen LogP contribution in [-0.4, -0.2) is 19.7 Å². The summed E-state index contributed by atoms with van der Waals surface area (Å²) in [4.78, 5) is 11.8. The first-order valence-electron chi connectivity index (χ1n) is 12.0. The smallest absolute Gasteiger partial charge is 0.307 e. The molecule has 0 amide bonds. The van der Waals surface area contributed by atoms with Crippen molar-refractivity contribution in [2.75, 3.05) is 13.7 Å². The van der Waals surface area contributed by atoms with Crippen LogP contribution in [0.25, 0.3) is 11.1 Å². The summed E-state index contributed by atoms with van der Waals surface area (Å²) in [5, 5.41) is 0. The zero-order valence-electron chi connectivity index (χ0n) is 20.2. The molecular weight excluding hydrogens is 424 g/mol. The van der Waals surface area contributed by atoms with E-state index < -0.39 is 0 Å². The Hall–Kier alpha value is -3.45. The summed E-state index contributed by atoms with van der Waals surface area (Å²) in [5.41, 5.74) is 6.24. The van der Waals surface area contributed by atoms with Crippen molar-refractivity contribution in [1.82, 2.24) is 0 Å². The zero-order valence-corrected chi connectivity index (χ0v) is 20.2. The Balaban J connectivity index is 1.50. The summed E-state index contributed by atoms with van der Waals surface area (Å²) < 4.78 is 17.0. The first-order valence-corrected chi connectivity index (χ1v) is 12.0. The van der Waals surface area contributed by atoms with Crippen molar-refractivity contribution in [3.63, 3.8) is 0 Å². The van der Waals surface area contributed by atoms with E-state index >= 15 is 0 Å². The molecular formula is C30H32O4. The van der Waals surface area contributed by atoms with Crippen molar-refractivity contribution in [2.24, 2.45) is 5.92 Å². The molecule has 34 heavy (non-hydrogen) atoms. The number of benzene rings is 2. The van der Waals surface area contributed by atoms with Crippen LogP contribution in [0.2, 0.25) is 0 Å². The standard InChI is InChI=1S/C30H32O4/c1-4-8-22(20-30(31)32-3)21-13-15-24(16-14-21)34-29-18-17-27-26(11-7-12-28(27)29)23-9-6-10-25(19-23)33-5-2/h6-7,9-13,15,19,22,29H,5,14,16-18,20H2,1-3H3. The van der Waals surface area contributed by atoms with E-state index in [4.69, 9.17) is 14.2 Å². The number of esters is 1. The van der Waals surface area contributed by atoms with E-state index in [1.807, 2.05) is 19.1 Å². The Labute approximate surface area is 202 Å². The average Bonchev–Trinajstić information content (AvgIpc) is 3.27. The highest BCUT2D eigenvalue weighted by Gasteiger charge is 2.28. The quantitative estimate of drug-likeness (QED) is 0.333. The molecule has 4 nitrogen and oxygen atoms in total. The lowest BCUT2D eigenvalue weighted by Crippen LogP contribution is -2.13. The number of hydrogen-bond donors (Lipinski definition) is 0. The molecule has 2 atom stereocenters. The van der Waals surface area contributed by atoms with Gasteiger partial charge >= 0.3 is 5.97 Å². The predicted molar refractivity (Wildman–Crippen MR) is 134 cm³/mol. The highest BCUT2D eigenvalue weighted by molar-refractivity contribution is 5.71. The van der Waals surface area contributed by atoms with Gasteiger partial charge in [-0.3, -0.25) is 4.79 Å². The summed E-state index contributed by atoms with van der Waals surface area (Å²) in [5.74, 6) is 7.66. The van der Waals surface area contributed by atoms with Crippen LogP contribution in [0, 0.1) is 17.8 Å². The van der Waals surface area contributed by atoms with E-state index in [2.05, 4.69) is 54.3 Å². The predicted octanol–water partition coefficient (Wildman–Crippen LogP) is 6.56. The molecule has 2 aliphatic rings. The van der Waals surface area contributed by atoms with Crippen LogP contribution in [0.15, 0.2) is 65.9 Å². The van der Waals surface area contributed by atoms with Gasteiger partial charge in [0.15, 0.2) is 0 Å². The third kappa shape index (κ3) is 5.37. The van der Waals surface area contributed by atoms with Gasteiger partial charge in [-0.25, -0.2) is 0 Å². The molecule has 0 heterocycles. The molecule has 0 bridgehead atoms. The molecule has 2 aromatic carbocycles. The number of hydrogen-bond acceptors (Lipinski definition) is 4. The first-order chi connectivity index (χ1) is 16.6. The third-order valence-electron chi connectivity index (χ3n) is 6.47. The molecule has 0 aromatic heterocycles. The summed E-state index contributed by atoms with van der Waals surface area (Å²) in [7, 11) is 1.42. The summed E-state index contributed by atoms with van der Waals surface area (Å²) in [6.45, 7) is 4.46. The Morgan fingerprint density at radius 2 is 1.97 bits per heavy atom. The maximum atomic E-state index is 11.8. The fraction of sp³-hybridized carbons (Fsp3) is 0.367. The Morgan fingerprint density at radius 3 is 2.71 bits per heavy atom. The number of carbonyl (C=O) groups excluding carboxylic acids is 1. The fourth-order valence-corrected chi connectivity index (χ4v) is 4.83. The number of allylic oxidation sites excluding steroid dienone is 4. The second-order valence-electron chi connectivity index (χ2n) is 8.58. The van der Waals surface area contributed by atoms with Crippen molar-refractivity contribution in [1.29, 1.82) is 0 Å². The van der Waals surface area contributed by atoms with Crippen molar-refractivity contribution >= 4 is 5.97 Å². The molecule has 2 aliphatic carbocycles. The Kier molecular flexibility index (Phi) is 7.75. The molecule has 176 valence electrons. The molecule has 0 saturated carbocycles. The maximum absolute atomic E-state index is 11.8. The van der Waals surface area contributed by atoms with Gasteiger partial charge in [-0.2, -0.15) is 0 Å². The number of ether oxygens (including phenoxy) is 3. The molecule has 0 aliphatic heterocycles. The minimum Gasteiger partial charge on any atom is -0.494 e. The highest BCUT2D eigenvalue weighted by atomic mass is 16.5. The third-order valence-corrected chi connectivity index (χ3v) is 6.47. The lowest BCUT2D eigenvalue weighted by atomic mass is 9.89. The Bertz CT molecular complexity index is 1160. The number of rotatable bonds is 8. The number of methoxy groups -OCH3 is 1. The topological polar surface area (TPSA) is 44.8 Å². The van der Waals surface area contributed by atoms with E-state index in [1.54, 1.807) is 6.92 Å². The molecule has 0 N–H and O–H groups in total. The van der Waals surface area contributed by atoms with Crippen LogP contribution >= 0.6 is 0 Å². The zero-order chi connectivity index (χ0) is 23.9. The molecule has 0 saturated heterocycles. The molecule has 0 fully saturated rings. The largest absolute Gasteiger partial charge is 0.494 e. The van der Waals surface area contributed by atoms with Gasteiger partial charge in [0.2, 0.25) is 0 Å². The van der Waals surface area contributed by atoms with E-state index in [-0.39, 0.29) is 24.4 Å². The van der Waals surface area contributed by atoms with Gasteiger partial charge in [0.25, 0.3) is 0 Å². The van der Waals surface area contributed by atoms with E-state index in [0.29, 0.717) is 6.61 Å². The number of carbonyl (C=O) groups is 1. The normalized spacial score (nSPS) is 17.4. The summed E-state index contributed by atoms with van der Waals surface area (Å²) in [6, 6.07) is 14.8. The minimum atomic E-state index is -0.232. The van der Waals surface area contributed by atoms with Gasteiger partial charge in [-0.15, -0.1) is 5.92 Å². The van der Waals surface area contributed by atoms with Gasteiger partial charge < -0.3 is 14.2 Å². The van der Waals surface area contributed by atoms with Crippen molar-refractivity contribution in [3.05, 3.63) is 77.1 Å². The van der Waals surface area contributed by atoms with Crippen molar-refractivity contribution in [2.45, 2.75) is 52.1 Å². The molecule has 4 heteroatoms. The van der Waals surface area contributed by atoms with Gasteiger partial charge in [0, 0.05) is 6.42 Å². The van der Waals surface area contributed by atoms with Crippen LogP contribution in [0.4, 0.5) is 0 Å². The molecule has 4 rings (SSSR count).